The van der Waals surface area contributed by atoms with Gasteiger partial charge in [0.25, 0.3) is 0 Å². The topological polar surface area (TPSA) is 63.6 Å². The van der Waals surface area contributed by atoms with Crippen molar-refractivity contribution in [3.05, 3.63) is 29.3 Å². The highest BCUT2D eigenvalue weighted by Crippen LogP contribution is 2.29. The largest absolute Gasteiger partial charge is 0.507 e. The second-order valence-corrected chi connectivity index (χ2v) is 4.64. The average Bonchev–Trinajstić information content (AvgIpc) is 2.28. The molecule has 0 aliphatic carbocycles. The molecule has 1 aromatic carbocycles. The molecule has 96 valence electrons. The number of cyclic esters (lactones) is 1. The lowest BCUT2D eigenvalue weighted by Crippen LogP contribution is -2.27. The molecule has 4 nitrogen and oxygen atoms in total. The van der Waals surface area contributed by atoms with Crippen LogP contribution in [-0.4, -0.2) is 23.0 Å². The van der Waals surface area contributed by atoms with E-state index in [0.717, 1.165) is 12.0 Å². The zero-order valence-electron chi connectivity index (χ0n) is 10.3. The van der Waals surface area contributed by atoms with Crippen molar-refractivity contribution in [2.45, 2.75) is 38.7 Å². The molecule has 0 spiro atoms. The fourth-order valence-corrected chi connectivity index (χ4v) is 2.23. The molecule has 0 radical (unpaired) electrons. The van der Waals surface area contributed by atoms with Gasteiger partial charge in [-0.3, -0.25) is 0 Å². The van der Waals surface area contributed by atoms with Crippen molar-refractivity contribution in [1.82, 2.24) is 0 Å². The van der Waals surface area contributed by atoms with Gasteiger partial charge in [-0.25, -0.2) is 4.79 Å². The third-order valence-corrected chi connectivity index (χ3v) is 3.11. The number of phenols is 1. The van der Waals surface area contributed by atoms with Crippen molar-refractivity contribution in [3.63, 3.8) is 0 Å². The summed E-state index contributed by atoms with van der Waals surface area (Å²) in [6.07, 6.45) is 2.34. The number of hydrogen-bond donors (Lipinski definition) is 1. The Morgan fingerprint density at radius 2 is 2.28 bits per heavy atom. The van der Waals surface area contributed by atoms with Crippen LogP contribution in [0.4, 0.5) is 0 Å². The predicted molar refractivity (Wildman–Crippen MR) is 65.5 cm³/mol. The average molecular weight is 248 g/mol. The van der Waals surface area contributed by atoms with E-state index in [1.54, 1.807) is 13.0 Å². The first-order valence-corrected chi connectivity index (χ1v) is 6.09. The summed E-state index contributed by atoms with van der Waals surface area (Å²) in [7, 11) is 0. The number of rotatable bonds is 4. The lowest BCUT2D eigenvalue weighted by atomic mass is 9.95. The quantitative estimate of drug-likeness (QED) is 0.830. The maximum Gasteiger partial charge on any atom is 0.342 e. The normalized spacial score (nSPS) is 18.1. The van der Waals surface area contributed by atoms with Gasteiger partial charge in [0, 0.05) is 12.8 Å². The molecule has 0 bridgehead atoms. The molecule has 0 aromatic heterocycles. The van der Waals surface area contributed by atoms with E-state index in [9.17, 15) is 14.7 Å². The summed E-state index contributed by atoms with van der Waals surface area (Å²) < 4.78 is 5.27. The third kappa shape index (κ3) is 2.70. The molecule has 0 saturated carbocycles. The van der Waals surface area contributed by atoms with Crippen LogP contribution in [0.25, 0.3) is 0 Å². The Labute approximate surface area is 106 Å². The molecule has 0 amide bonds. The maximum atomic E-state index is 11.8. The van der Waals surface area contributed by atoms with Crippen LogP contribution in [0, 0.1) is 0 Å². The van der Waals surface area contributed by atoms with Crippen LogP contribution in [-0.2, 0) is 16.0 Å². The molecular formula is C14H16O4. The summed E-state index contributed by atoms with van der Waals surface area (Å²) in [5.41, 5.74) is 1.10. The van der Waals surface area contributed by atoms with Crippen LogP contribution in [0.1, 0.15) is 42.1 Å². The van der Waals surface area contributed by atoms with Gasteiger partial charge in [-0.1, -0.05) is 12.1 Å². The molecule has 1 aromatic rings. The van der Waals surface area contributed by atoms with E-state index in [4.69, 9.17) is 4.74 Å². The number of benzene rings is 1. The van der Waals surface area contributed by atoms with Crippen molar-refractivity contribution >= 4 is 11.8 Å². The summed E-state index contributed by atoms with van der Waals surface area (Å²) >= 11 is 0. The van der Waals surface area contributed by atoms with Crippen molar-refractivity contribution < 1.29 is 19.4 Å². The lowest BCUT2D eigenvalue weighted by Gasteiger charge is -2.24. The summed E-state index contributed by atoms with van der Waals surface area (Å²) in [6, 6.07) is 5.03. The predicted octanol–water partition coefficient (Wildman–Crippen LogP) is 2.23. The SMILES string of the molecule is CC(=O)CCC[C@@H]1Cc2cccc(O)c2C(=O)O1. The van der Waals surface area contributed by atoms with Crippen molar-refractivity contribution in [2.24, 2.45) is 0 Å². The Bertz CT molecular complexity index is 479. The van der Waals surface area contributed by atoms with Gasteiger partial charge in [-0.15, -0.1) is 0 Å². The van der Waals surface area contributed by atoms with Crippen LogP contribution >= 0.6 is 0 Å². The highest BCUT2D eigenvalue weighted by Gasteiger charge is 2.28. The summed E-state index contributed by atoms with van der Waals surface area (Å²) in [5, 5.41) is 9.62. The fourth-order valence-electron chi connectivity index (χ4n) is 2.23. The number of ketones is 1. The highest BCUT2D eigenvalue weighted by molar-refractivity contribution is 5.95. The van der Waals surface area contributed by atoms with E-state index in [2.05, 4.69) is 0 Å². The van der Waals surface area contributed by atoms with E-state index < -0.39 is 5.97 Å². The Kier molecular flexibility index (Phi) is 3.65. The van der Waals surface area contributed by atoms with E-state index >= 15 is 0 Å². The van der Waals surface area contributed by atoms with E-state index in [-0.39, 0.29) is 23.2 Å². The van der Waals surface area contributed by atoms with E-state index in [1.165, 1.54) is 6.07 Å². The van der Waals surface area contributed by atoms with Crippen LogP contribution in [0.5, 0.6) is 5.75 Å². The minimum Gasteiger partial charge on any atom is -0.507 e. The first kappa shape index (κ1) is 12.6. The maximum absolute atomic E-state index is 11.8. The number of ether oxygens (including phenoxy) is 1. The Morgan fingerprint density at radius 3 is 3.00 bits per heavy atom. The van der Waals surface area contributed by atoms with Gasteiger partial charge < -0.3 is 14.6 Å². The lowest BCUT2D eigenvalue weighted by molar-refractivity contribution is -0.117. The molecular weight excluding hydrogens is 232 g/mol. The van der Waals surface area contributed by atoms with Crippen LogP contribution in [0.2, 0.25) is 0 Å². The van der Waals surface area contributed by atoms with Gasteiger partial charge in [0.15, 0.2) is 0 Å². The zero-order valence-corrected chi connectivity index (χ0v) is 10.3. The number of hydrogen-bond acceptors (Lipinski definition) is 4. The Balaban J connectivity index is 2.04. The molecule has 0 unspecified atom stereocenters. The van der Waals surface area contributed by atoms with Gasteiger partial charge in [-0.05, 0) is 31.4 Å². The number of Topliss-reactive ketones (excluding diaryl/α,β-unsaturated/α-hetero) is 1. The second kappa shape index (κ2) is 5.21. The van der Waals surface area contributed by atoms with Crippen molar-refractivity contribution in [1.29, 1.82) is 0 Å². The molecule has 0 fully saturated rings. The third-order valence-electron chi connectivity index (χ3n) is 3.11. The minimum atomic E-state index is -0.470. The molecule has 1 aliphatic rings. The molecule has 0 saturated heterocycles. The van der Waals surface area contributed by atoms with Gasteiger partial charge in [0.05, 0.1) is 0 Å². The monoisotopic (exact) mass is 248 g/mol. The number of carbonyl (C=O) groups is 2. The molecule has 4 heteroatoms. The molecule has 2 rings (SSSR count). The Morgan fingerprint density at radius 1 is 1.50 bits per heavy atom. The van der Waals surface area contributed by atoms with Gasteiger partial charge in [0.2, 0.25) is 0 Å². The first-order chi connectivity index (χ1) is 8.58. The number of fused-ring (bicyclic) bond motifs is 1. The van der Waals surface area contributed by atoms with Gasteiger partial charge >= 0.3 is 5.97 Å². The van der Waals surface area contributed by atoms with Crippen molar-refractivity contribution in [2.75, 3.05) is 0 Å². The molecule has 1 atom stereocenters. The fraction of sp³-hybridized carbons (Fsp3) is 0.429. The number of aromatic hydroxyl groups is 1. The number of carbonyl (C=O) groups excluding carboxylic acids is 2. The molecule has 1 heterocycles. The van der Waals surface area contributed by atoms with E-state index in [1.807, 2.05) is 6.07 Å². The molecule has 18 heavy (non-hydrogen) atoms. The smallest absolute Gasteiger partial charge is 0.342 e. The van der Waals surface area contributed by atoms with Gasteiger partial charge in [0.1, 0.15) is 23.2 Å². The number of phenolic OH excluding ortho intramolecular Hbond substituents is 1. The first-order valence-electron chi connectivity index (χ1n) is 6.09. The summed E-state index contributed by atoms with van der Waals surface area (Å²) in [4.78, 5) is 22.6. The second-order valence-electron chi connectivity index (χ2n) is 4.64. The minimum absolute atomic E-state index is 0.0281. The molecule has 1 N–H and O–H groups in total. The van der Waals surface area contributed by atoms with E-state index in [0.29, 0.717) is 19.3 Å². The van der Waals surface area contributed by atoms with Crippen LogP contribution in [0.3, 0.4) is 0 Å². The standard InChI is InChI=1S/C14H16O4/c1-9(15)4-2-6-11-8-10-5-3-7-12(16)13(10)14(17)18-11/h3,5,7,11,16H,2,4,6,8H2,1H3/t11-/m1/s1. The van der Waals surface area contributed by atoms with Crippen molar-refractivity contribution in [3.8, 4) is 5.75 Å². The number of esters is 1. The van der Waals surface area contributed by atoms with Crippen LogP contribution in [0.15, 0.2) is 18.2 Å². The summed E-state index contributed by atoms with van der Waals surface area (Å²) in [6.45, 7) is 1.56. The van der Waals surface area contributed by atoms with Crippen LogP contribution < -0.4 is 0 Å². The zero-order chi connectivity index (χ0) is 13.1. The Hall–Kier alpha value is -1.84. The summed E-state index contributed by atoms with van der Waals surface area (Å²) in [5.74, 6) is -0.350. The highest BCUT2D eigenvalue weighted by atomic mass is 16.5. The molecule has 1 aliphatic heterocycles. The van der Waals surface area contributed by atoms with Gasteiger partial charge in [-0.2, -0.15) is 0 Å².